The molecule has 0 saturated carbocycles. The number of nitrogens with zero attached hydrogens (tertiary/aromatic N) is 1. The minimum Gasteiger partial charge on any atom is -0.289 e. The van der Waals surface area contributed by atoms with Gasteiger partial charge < -0.3 is 0 Å². The fourth-order valence-electron chi connectivity index (χ4n) is 2.23. The van der Waals surface area contributed by atoms with E-state index in [1.54, 1.807) is 20.8 Å². The molecule has 0 radical (unpaired) electrons. The molecule has 20 heavy (non-hydrogen) atoms. The van der Waals surface area contributed by atoms with Crippen molar-refractivity contribution >= 4 is 11.6 Å². The number of hydrogen-bond donors (Lipinski definition) is 0. The van der Waals surface area contributed by atoms with Gasteiger partial charge in [-0.05, 0) is 47.0 Å². The van der Waals surface area contributed by atoms with Gasteiger partial charge >= 0.3 is 0 Å². The first-order chi connectivity index (χ1) is 9.40. The smallest absolute Gasteiger partial charge is 0.185 e. The summed E-state index contributed by atoms with van der Waals surface area (Å²) in [6, 6.07) is 2.12. The van der Waals surface area contributed by atoms with Gasteiger partial charge in [-0.15, -0.1) is 0 Å². The number of rotatable bonds is 5. The molecule has 3 heteroatoms. The number of allylic oxidation sites excluding steroid dienone is 6. The van der Waals surface area contributed by atoms with E-state index in [1.807, 2.05) is 13.0 Å². The summed E-state index contributed by atoms with van der Waals surface area (Å²) >= 11 is 0. The topological polar surface area (TPSA) is 57.9 Å². The third-order valence-corrected chi connectivity index (χ3v) is 3.83. The summed E-state index contributed by atoms with van der Waals surface area (Å²) < 4.78 is 0. The van der Waals surface area contributed by atoms with Gasteiger partial charge in [0.05, 0.1) is 6.07 Å². The second kappa shape index (κ2) is 7.00. The summed E-state index contributed by atoms with van der Waals surface area (Å²) in [6.45, 7) is 7.14. The van der Waals surface area contributed by atoms with Crippen molar-refractivity contribution in [1.29, 1.82) is 5.26 Å². The highest BCUT2D eigenvalue weighted by atomic mass is 16.1. The van der Waals surface area contributed by atoms with Gasteiger partial charge in [-0.2, -0.15) is 5.26 Å². The van der Waals surface area contributed by atoms with E-state index in [1.165, 1.54) is 0 Å². The lowest BCUT2D eigenvalue weighted by molar-refractivity contribution is -0.116. The predicted molar refractivity (Wildman–Crippen MR) is 78.9 cm³/mol. The van der Waals surface area contributed by atoms with Gasteiger partial charge in [0.15, 0.2) is 11.6 Å². The molecule has 1 aliphatic carbocycles. The largest absolute Gasteiger partial charge is 0.289 e. The molecular weight excluding hydrogens is 250 g/mol. The minimum absolute atomic E-state index is 0.0133. The van der Waals surface area contributed by atoms with Crippen LogP contribution < -0.4 is 0 Å². The van der Waals surface area contributed by atoms with Gasteiger partial charge in [0, 0.05) is 28.7 Å². The van der Waals surface area contributed by atoms with E-state index in [2.05, 4.69) is 6.07 Å². The summed E-state index contributed by atoms with van der Waals surface area (Å²) in [7, 11) is 0. The Labute approximate surface area is 120 Å². The first-order valence-corrected chi connectivity index (χ1v) is 6.89. The highest BCUT2D eigenvalue weighted by Gasteiger charge is 2.26. The Bertz CT molecular complexity index is 568. The molecule has 0 heterocycles. The van der Waals surface area contributed by atoms with Crippen molar-refractivity contribution in [1.82, 2.24) is 0 Å². The average Bonchev–Trinajstić information content (AvgIpc) is 2.43. The van der Waals surface area contributed by atoms with Crippen molar-refractivity contribution in [2.45, 2.75) is 53.4 Å². The first-order valence-electron chi connectivity index (χ1n) is 6.89. The minimum atomic E-state index is -0.0207. The van der Waals surface area contributed by atoms with Crippen LogP contribution in [0.3, 0.4) is 0 Å². The molecule has 0 spiro atoms. The molecule has 0 aromatic rings. The average molecular weight is 271 g/mol. The molecule has 106 valence electrons. The first kappa shape index (κ1) is 16.1. The lowest BCUT2D eigenvalue weighted by Crippen LogP contribution is -2.20. The molecule has 3 nitrogen and oxygen atoms in total. The SMILES string of the molecule is CC(=CCC1=C(C)C(=O)C(C)=C(C)C1=O)CCCC#N. The Morgan fingerprint density at radius 1 is 1.10 bits per heavy atom. The lowest BCUT2D eigenvalue weighted by Gasteiger charge is -2.17. The van der Waals surface area contributed by atoms with E-state index in [-0.39, 0.29) is 11.6 Å². The van der Waals surface area contributed by atoms with E-state index in [9.17, 15) is 9.59 Å². The second-order valence-electron chi connectivity index (χ2n) is 5.28. The van der Waals surface area contributed by atoms with Gasteiger partial charge in [-0.25, -0.2) is 0 Å². The fourth-order valence-corrected chi connectivity index (χ4v) is 2.23. The van der Waals surface area contributed by atoms with Crippen LogP contribution in [0.25, 0.3) is 0 Å². The fraction of sp³-hybridized carbons (Fsp3) is 0.471. The van der Waals surface area contributed by atoms with Gasteiger partial charge in [-0.3, -0.25) is 9.59 Å². The van der Waals surface area contributed by atoms with Crippen molar-refractivity contribution in [2.24, 2.45) is 0 Å². The van der Waals surface area contributed by atoms with Crippen molar-refractivity contribution in [2.75, 3.05) is 0 Å². The maximum Gasteiger partial charge on any atom is 0.185 e. The number of nitriles is 1. The summed E-state index contributed by atoms with van der Waals surface area (Å²) in [5.74, 6) is -0.0340. The van der Waals surface area contributed by atoms with Crippen LogP contribution in [0.2, 0.25) is 0 Å². The van der Waals surface area contributed by atoms with E-state index >= 15 is 0 Å². The molecule has 1 rings (SSSR count). The molecule has 0 bridgehead atoms. The van der Waals surface area contributed by atoms with Crippen LogP contribution in [0.1, 0.15) is 53.4 Å². The molecule has 0 aromatic carbocycles. The number of carbonyl (C=O) groups excluding carboxylic acids is 2. The van der Waals surface area contributed by atoms with Crippen molar-refractivity contribution < 1.29 is 9.59 Å². The van der Waals surface area contributed by atoms with Gasteiger partial charge in [0.1, 0.15) is 0 Å². The van der Waals surface area contributed by atoms with E-state index < -0.39 is 0 Å². The highest BCUT2D eigenvalue weighted by molar-refractivity contribution is 6.24. The molecule has 0 amide bonds. The number of hydrogen-bond acceptors (Lipinski definition) is 3. The number of carbonyl (C=O) groups is 2. The van der Waals surface area contributed by atoms with Crippen LogP contribution in [0.4, 0.5) is 0 Å². The molecule has 0 N–H and O–H groups in total. The second-order valence-corrected chi connectivity index (χ2v) is 5.28. The van der Waals surface area contributed by atoms with Crippen molar-refractivity contribution in [3.8, 4) is 6.07 Å². The Balaban J connectivity index is 2.82. The highest BCUT2D eigenvalue weighted by Crippen LogP contribution is 2.26. The maximum atomic E-state index is 12.2. The molecule has 0 aliphatic heterocycles. The Morgan fingerprint density at radius 2 is 1.70 bits per heavy atom. The van der Waals surface area contributed by atoms with Crippen LogP contribution in [-0.4, -0.2) is 11.6 Å². The maximum absolute atomic E-state index is 12.2. The molecule has 0 fully saturated rings. The molecule has 0 atom stereocenters. The van der Waals surface area contributed by atoms with Crippen LogP contribution in [0, 0.1) is 11.3 Å². The molecule has 0 unspecified atom stereocenters. The Kier molecular flexibility index (Phi) is 5.64. The summed E-state index contributed by atoms with van der Waals surface area (Å²) in [4.78, 5) is 24.2. The summed E-state index contributed by atoms with van der Waals surface area (Å²) in [5.41, 5.74) is 3.46. The lowest BCUT2D eigenvalue weighted by atomic mass is 9.84. The molecular formula is C17H21NO2. The van der Waals surface area contributed by atoms with E-state index in [0.29, 0.717) is 35.1 Å². The predicted octanol–water partition coefficient (Wildman–Crippen LogP) is 3.82. The van der Waals surface area contributed by atoms with Gasteiger partial charge in [-0.1, -0.05) is 11.6 Å². The Hall–Kier alpha value is -1.95. The molecule has 0 saturated heterocycles. The third-order valence-electron chi connectivity index (χ3n) is 3.83. The molecule has 1 aliphatic rings. The quantitative estimate of drug-likeness (QED) is 0.434. The van der Waals surface area contributed by atoms with E-state index in [0.717, 1.165) is 18.4 Å². The van der Waals surface area contributed by atoms with Crippen molar-refractivity contribution in [3.63, 3.8) is 0 Å². The van der Waals surface area contributed by atoms with Gasteiger partial charge in [0.25, 0.3) is 0 Å². The van der Waals surface area contributed by atoms with Crippen LogP contribution in [0.5, 0.6) is 0 Å². The van der Waals surface area contributed by atoms with E-state index in [4.69, 9.17) is 5.26 Å². The zero-order valence-corrected chi connectivity index (χ0v) is 12.7. The standard InChI is InChI=1S/C17H21NO2/c1-11(7-5-6-10-18)8-9-15-14(4)16(19)12(2)13(3)17(15)20/h8H,5-7,9H2,1-4H3. The van der Waals surface area contributed by atoms with Crippen molar-refractivity contribution in [3.05, 3.63) is 33.9 Å². The third kappa shape index (κ3) is 3.54. The van der Waals surface area contributed by atoms with Crippen LogP contribution in [-0.2, 0) is 9.59 Å². The van der Waals surface area contributed by atoms with Crippen LogP contribution >= 0.6 is 0 Å². The molecule has 0 aromatic heterocycles. The Morgan fingerprint density at radius 3 is 2.30 bits per heavy atom. The normalized spacial score (nSPS) is 16.9. The number of unbranched alkanes of at least 4 members (excludes halogenated alkanes) is 1. The summed E-state index contributed by atoms with van der Waals surface area (Å²) in [6.07, 6.45) is 4.73. The monoisotopic (exact) mass is 271 g/mol. The summed E-state index contributed by atoms with van der Waals surface area (Å²) in [5, 5.41) is 8.50. The van der Waals surface area contributed by atoms with Gasteiger partial charge in [0.2, 0.25) is 0 Å². The zero-order valence-electron chi connectivity index (χ0n) is 12.7. The van der Waals surface area contributed by atoms with Crippen LogP contribution in [0.15, 0.2) is 33.9 Å². The number of Topliss-reactive ketones (excluding diaryl/α,β-unsaturated/α-hetero) is 2. The zero-order chi connectivity index (χ0) is 15.3. The number of ketones is 2.